The Balaban J connectivity index is 3.00. The van der Waals surface area contributed by atoms with Gasteiger partial charge in [0, 0.05) is 19.8 Å². The molecular weight excluding hydrogens is 210 g/mol. The molecule has 0 radical (unpaired) electrons. The van der Waals surface area contributed by atoms with Gasteiger partial charge >= 0.3 is 5.97 Å². The largest absolute Gasteiger partial charge is 0.480 e. The summed E-state index contributed by atoms with van der Waals surface area (Å²) in [7, 11) is 3.21. The molecule has 0 aromatic carbocycles. The predicted octanol–water partition coefficient (Wildman–Crippen LogP) is 0.194. The van der Waals surface area contributed by atoms with E-state index in [0.29, 0.717) is 11.3 Å². The van der Waals surface area contributed by atoms with Crippen molar-refractivity contribution in [2.45, 2.75) is 13.8 Å². The van der Waals surface area contributed by atoms with Crippen molar-refractivity contribution < 1.29 is 14.7 Å². The third-order valence-electron chi connectivity index (χ3n) is 2.44. The first-order valence-corrected chi connectivity index (χ1v) is 4.82. The van der Waals surface area contributed by atoms with Crippen LogP contribution in [0.15, 0.2) is 0 Å². The van der Waals surface area contributed by atoms with Gasteiger partial charge in [0.1, 0.15) is 6.54 Å². The minimum atomic E-state index is -1.03. The van der Waals surface area contributed by atoms with E-state index in [2.05, 4.69) is 5.10 Å². The summed E-state index contributed by atoms with van der Waals surface area (Å²) in [6, 6.07) is 0. The Hall–Kier alpha value is -1.85. The van der Waals surface area contributed by atoms with Crippen molar-refractivity contribution >= 4 is 11.9 Å². The van der Waals surface area contributed by atoms with E-state index in [1.165, 1.54) is 11.9 Å². The zero-order valence-corrected chi connectivity index (χ0v) is 9.81. The molecule has 0 atom stereocenters. The average molecular weight is 225 g/mol. The fourth-order valence-electron chi connectivity index (χ4n) is 1.55. The van der Waals surface area contributed by atoms with Crippen LogP contribution in [0.25, 0.3) is 0 Å². The van der Waals surface area contributed by atoms with Gasteiger partial charge in [-0.05, 0) is 13.8 Å². The minimum Gasteiger partial charge on any atom is -0.480 e. The number of carbonyl (C=O) groups is 2. The van der Waals surface area contributed by atoms with Gasteiger partial charge in [-0.25, -0.2) is 0 Å². The molecule has 1 aromatic heterocycles. The van der Waals surface area contributed by atoms with Gasteiger partial charge in [-0.2, -0.15) is 5.10 Å². The molecule has 0 unspecified atom stereocenters. The van der Waals surface area contributed by atoms with Crippen LogP contribution in [-0.2, 0) is 11.8 Å². The Labute approximate surface area is 93.5 Å². The zero-order valence-electron chi connectivity index (χ0n) is 9.81. The summed E-state index contributed by atoms with van der Waals surface area (Å²) in [4.78, 5) is 23.6. The number of rotatable bonds is 3. The second kappa shape index (κ2) is 4.34. The molecule has 0 saturated heterocycles. The van der Waals surface area contributed by atoms with E-state index in [1.807, 2.05) is 0 Å². The summed E-state index contributed by atoms with van der Waals surface area (Å²) in [6.07, 6.45) is 0. The topological polar surface area (TPSA) is 75.4 Å². The number of aliphatic carboxylic acids is 1. The van der Waals surface area contributed by atoms with E-state index in [9.17, 15) is 9.59 Å². The number of aromatic nitrogens is 2. The average Bonchev–Trinajstić information content (AvgIpc) is 2.39. The number of hydrogen-bond acceptors (Lipinski definition) is 3. The molecule has 0 fully saturated rings. The predicted molar refractivity (Wildman–Crippen MR) is 57.3 cm³/mol. The van der Waals surface area contributed by atoms with Crippen LogP contribution in [0.4, 0.5) is 0 Å². The summed E-state index contributed by atoms with van der Waals surface area (Å²) in [6.45, 7) is 3.20. The highest BCUT2D eigenvalue weighted by Crippen LogP contribution is 2.13. The first-order chi connectivity index (χ1) is 7.34. The molecule has 88 valence electrons. The molecule has 0 bridgehead atoms. The maximum atomic E-state index is 11.9. The molecule has 0 aliphatic carbocycles. The van der Waals surface area contributed by atoms with E-state index in [1.54, 1.807) is 25.6 Å². The van der Waals surface area contributed by atoms with Gasteiger partial charge in [0.15, 0.2) is 0 Å². The third-order valence-corrected chi connectivity index (χ3v) is 2.44. The maximum absolute atomic E-state index is 11.9. The monoisotopic (exact) mass is 225 g/mol. The summed E-state index contributed by atoms with van der Waals surface area (Å²) in [5.74, 6) is -1.35. The van der Waals surface area contributed by atoms with Gasteiger partial charge < -0.3 is 10.0 Å². The summed E-state index contributed by atoms with van der Waals surface area (Å²) >= 11 is 0. The van der Waals surface area contributed by atoms with Crippen LogP contribution in [0.5, 0.6) is 0 Å². The molecule has 1 rings (SSSR count). The van der Waals surface area contributed by atoms with E-state index < -0.39 is 5.97 Å². The molecule has 1 aromatic rings. The first kappa shape index (κ1) is 12.2. The van der Waals surface area contributed by atoms with Crippen LogP contribution >= 0.6 is 0 Å². The number of carbonyl (C=O) groups excluding carboxylic acids is 1. The lowest BCUT2D eigenvalue weighted by atomic mass is 10.2. The number of carboxylic acid groups (broad SMARTS) is 1. The van der Waals surface area contributed by atoms with Gasteiger partial charge in [0.05, 0.1) is 11.3 Å². The maximum Gasteiger partial charge on any atom is 0.323 e. The zero-order chi connectivity index (χ0) is 12.5. The first-order valence-electron chi connectivity index (χ1n) is 4.82. The van der Waals surface area contributed by atoms with Crippen LogP contribution in [0, 0.1) is 13.8 Å². The van der Waals surface area contributed by atoms with Crippen molar-refractivity contribution in [2.24, 2.45) is 7.05 Å². The lowest BCUT2D eigenvalue weighted by Crippen LogP contribution is -2.32. The van der Waals surface area contributed by atoms with Gasteiger partial charge in [0.2, 0.25) is 0 Å². The molecule has 0 spiro atoms. The number of carboxylic acids is 1. The summed E-state index contributed by atoms with van der Waals surface area (Å²) in [5, 5.41) is 12.7. The smallest absolute Gasteiger partial charge is 0.323 e. The quantitative estimate of drug-likeness (QED) is 0.797. The number of hydrogen-bond donors (Lipinski definition) is 1. The van der Waals surface area contributed by atoms with Crippen LogP contribution < -0.4 is 0 Å². The van der Waals surface area contributed by atoms with Crippen molar-refractivity contribution in [3.63, 3.8) is 0 Å². The summed E-state index contributed by atoms with van der Waals surface area (Å²) in [5.41, 5.74) is 1.83. The molecule has 16 heavy (non-hydrogen) atoms. The van der Waals surface area contributed by atoms with Crippen LogP contribution in [-0.4, -0.2) is 45.3 Å². The van der Waals surface area contributed by atoms with Gasteiger partial charge in [-0.3, -0.25) is 14.3 Å². The second-order valence-corrected chi connectivity index (χ2v) is 3.72. The Morgan fingerprint density at radius 2 is 2.00 bits per heavy atom. The number of aryl methyl sites for hydroxylation is 2. The van der Waals surface area contributed by atoms with Crippen molar-refractivity contribution in [3.8, 4) is 0 Å². The number of likely N-dealkylation sites (N-methyl/N-ethyl adjacent to an activating group) is 1. The molecule has 0 aliphatic rings. The normalized spacial score (nSPS) is 10.2. The SMILES string of the molecule is Cc1nn(C)c(C)c1C(=O)N(C)CC(=O)O. The third kappa shape index (κ3) is 2.21. The molecular formula is C10H15N3O3. The van der Waals surface area contributed by atoms with E-state index in [4.69, 9.17) is 5.11 Å². The highest BCUT2D eigenvalue weighted by molar-refractivity contribution is 5.97. The molecule has 0 saturated carbocycles. The van der Waals surface area contributed by atoms with E-state index >= 15 is 0 Å². The second-order valence-electron chi connectivity index (χ2n) is 3.72. The van der Waals surface area contributed by atoms with Crippen LogP contribution in [0.3, 0.4) is 0 Å². The van der Waals surface area contributed by atoms with Crippen molar-refractivity contribution in [1.82, 2.24) is 14.7 Å². The highest BCUT2D eigenvalue weighted by Gasteiger charge is 2.21. The minimum absolute atomic E-state index is 0.313. The molecule has 1 N–H and O–H groups in total. The Bertz CT molecular complexity index is 437. The molecule has 1 heterocycles. The van der Waals surface area contributed by atoms with Crippen LogP contribution in [0.2, 0.25) is 0 Å². The van der Waals surface area contributed by atoms with Crippen molar-refractivity contribution in [1.29, 1.82) is 0 Å². The number of amides is 1. The summed E-state index contributed by atoms with van der Waals surface area (Å²) < 4.78 is 1.61. The fourth-order valence-corrected chi connectivity index (χ4v) is 1.55. The van der Waals surface area contributed by atoms with Crippen molar-refractivity contribution in [2.75, 3.05) is 13.6 Å². The van der Waals surface area contributed by atoms with Gasteiger partial charge in [-0.1, -0.05) is 0 Å². The fraction of sp³-hybridized carbons (Fsp3) is 0.500. The van der Waals surface area contributed by atoms with Crippen LogP contribution in [0.1, 0.15) is 21.7 Å². The Kier molecular flexibility index (Phi) is 3.31. The Morgan fingerprint density at radius 3 is 2.38 bits per heavy atom. The van der Waals surface area contributed by atoms with Gasteiger partial charge in [0.25, 0.3) is 5.91 Å². The molecule has 6 heteroatoms. The molecule has 0 aliphatic heterocycles. The molecule has 6 nitrogen and oxygen atoms in total. The number of nitrogens with zero attached hydrogens (tertiary/aromatic N) is 3. The highest BCUT2D eigenvalue weighted by atomic mass is 16.4. The van der Waals surface area contributed by atoms with Crippen molar-refractivity contribution in [3.05, 3.63) is 17.0 Å². The standard InChI is InChI=1S/C10H15N3O3/c1-6-9(7(2)13(4)11-6)10(16)12(3)5-8(14)15/h5H2,1-4H3,(H,14,15). The molecule has 1 amide bonds. The Morgan fingerprint density at radius 1 is 1.44 bits per heavy atom. The lowest BCUT2D eigenvalue weighted by molar-refractivity contribution is -0.137. The lowest BCUT2D eigenvalue weighted by Gasteiger charge is -2.14. The van der Waals surface area contributed by atoms with E-state index in [-0.39, 0.29) is 12.5 Å². The van der Waals surface area contributed by atoms with Gasteiger partial charge in [-0.15, -0.1) is 0 Å². The van der Waals surface area contributed by atoms with E-state index in [0.717, 1.165) is 5.69 Å².